The molecule has 0 aromatic heterocycles. The number of hydrogen-bond acceptors (Lipinski definition) is 2. The van der Waals surface area contributed by atoms with Gasteiger partial charge in [-0.15, -0.1) is 0 Å². The van der Waals surface area contributed by atoms with Crippen LogP contribution in [0.4, 0.5) is 0 Å². The third-order valence-electron chi connectivity index (χ3n) is 2.23. The van der Waals surface area contributed by atoms with Gasteiger partial charge in [-0.05, 0) is 19.9 Å². The van der Waals surface area contributed by atoms with Crippen molar-refractivity contribution < 1.29 is 14.6 Å². The number of rotatable bonds is 4. The quantitative estimate of drug-likeness (QED) is 0.862. The van der Waals surface area contributed by atoms with E-state index in [0.717, 1.165) is 0 Å². The third kappa shape index (κ3) is 2.30. The van der Waals surface area contributed by atoms with Crippen molar-refractivity contribution in [3.63, 3.8) is 0 Å². The SMILES string of the molecule is CCOC(C)(C(=O)O)c1ccccc1Cl. The largest absolute Gasteiger partial charge is 0.479 e. The van der Waals surface area contributed by atoms with Crippen molar-refractivity contribution in [2.45, 2.75) is 19.4 Å². The molecule has 1 atom stereocenters. The van der Waals surface area contributed by atoms with Gasteiger partial charge in [0.05, 0.1) is 0 Å². The van der Waals surface area contributed by atoms with Crippen molar-refractivity contribution in [1.82, 2.24) is 0 Å². The number of carbonyl (C=O) groups is 1. The Morgan fingerprint density at radius 2 is 2.13 bits per heavy atom. The van der Waals surface area contributed by atoms with E-state index in [2.05, 4.69) is 0 Å². The Labute approximate surface area is 93.6 Å². The maximum atomic E-state index is 11.2. The van der Waals surface area contributed by atoms with Crippen LogP contribution in [-0.4, -0.2) is 17.7 Å². The van der Waals surface area contributed by atoms with Gasteiger partial charge in [0.2, 0.25) is 0 Å². The Kier molecular flexibility index (Phi) is 3.72. The number of ether oxygens (including phenoxy) is 1. The number of benzene rings is 1. The van der Waals surface area contributed by atoms with Gasteiger partial charge >= 0.3 is 5.97 Å². The molecule has 15 heavy (non-hydrogen) atoms. The van der Waals surface area contributed by atoms with E-state index in [1.165, 1.54) is 6.92 Å². The van der Waals surface area contributed by atoms with Crippen LogP contribution in [0.2, 0.25) is 5.02 Å². The Morgan fingerprint density at radius 1 is 1.53 bits per heavy atom. The van der Waals surface area contributed by atoms with E-state index in [9.17, 15) is 4.79 Å². The van der Waals surface area contributed by atoms with Crippen LogP contribution < -0.4 is 0 Å². The number of hydrogen-bond donors (Lipinski definition) is 1. The van der Waals surface area contributed by atoms with E-state index in [-0.39, 0.29) is 0 Å². The second-order valence-electron chi connectivity index (χ2n) is 3.25. The Hall–Kier alpha value is -1.06. The number of carboxylic acid groups (broad SMARTS) is 1. The molecule has 0 heterocycles. The normalized spacial score (nSPS) is 14.6. The number of halogens is 1. The molecule has 0 fully saturated rings. The molecule has 0 aliphatic heterocycles. The molecule has 0 aliphatic carbocycles. The smallest absolute Gasteiger partial charge is 0.340 e. The minimum absolute atomic E-state index is 0.314. The van der Waals surface area contributed by atoms with E-state index in [0.29, 0.717) is 17.2 Å². The highest BCUT2D eigenvalue weighted by atomic mass is 35.5. The summed E-state index contributed by atoms with van der Waals surface area (Å²) in [5.74, 6) is -1.04. The molecule has 1 aromatic rings. The molecule has 0 spiro atoms. The molecule has 1 unspecified atom stereocenters. The topological polar surface area (TPSA) is 46.5 Å². The van der Waals surface area contributed by atoms with Crippen molar-refractivity contribution in [2.75, 3.05) is 6.61 Å². The van der Waals surface area contributed by atoms with Crippen molar-refractivity contribution in [1.29, 1.82) is 0 Å². The molecule has 1 N–H and O–H groups in total. The van der Waals surface area contributed by atoms with Crippen LogP contribution >= 0.6 is 11.6 Å². The Balaban J connectivity index is 3.21. The standard InChI is InChI=1S/C11H13ClO3/c1-3-15-11(2,10(13)14)8-6-4-5-7-9(8)12/h4-7H,3H2,1-2H3,(H,13,14). The molecular formula is C11H13ClO3. The minimum atomic E-state index is -1.38. The lowest BCUT2D eigenvalue weighted by molar-refractivity contribution is -0.164. The van der Waals surface area contributed by atoms with E-state index in [1.54, 1.807) is 31.2 Å². The molecule has 0 saturated carbocycles. The first-order chi connectivity index (χ1) is 7.02. The van der Waals surface area contributed by atoms with Crippen molar-refractivity contribution in [2.24, 2.45) is 0 Å². The zero-order chi connectivity index (χ0) is 11.5. The average Bonchev–Trinajstić information content (AvgIpc) is 2.18. The molecular weight excluding hydrogens is 216 g/mol. The first kappa shape index (κ1) is 12.0. The summed E-state index contributed by atoms with van der Waals surface area (Å²) in [4.78, 5) is 11.2. The minimum Gasteiger partial charge on any atom is -0.479 e. The van der Waals surface area contributed by atoms with E-state index in [4.69, 9.17) is 21.4 Å². The van der Waals surface area contributed by atoms with E-state index >= 15 is 0 Å². The summed E-state index contributed by atoms with van der Waals surface area (Å²) in [5, 5.41) is 9.56. The van der Waals surface area contributed by atoms with Crippen LogP contribution in [0.1, 0.15) is 19.4 Å². The maximum absolute atomic E-state index is 11.2. The highest BCUT2D eigenvalue weighted by Gasteiger charge is 2.37. The van der Waals surface area contributed by atoms with E-state index < -0.39 is 11.6 Å². The average molecular weight is 229 g/mol. The number of aliphatic carboxylic acids is 1. The second kappa shape index (κ2) is 4.64. The highest BCUT2D eigenvalue weighted by molar-refractivity contribution is 6.31. The highest BCUT2D eigenvalue weighted by Crippen LogP contribution is 2.31. The third-order valence-corrected chi connectivity index (χ3v) is 2.56. The first-order valence-corrected chi connectivity index (χ1v) is 5.02. The van der Waals surface area contributed by atoms with Gasteiger partial charge in [0.1, 0.15) is 0 Å². The van der Waals surface area contributed by atoms with Crippen LogP contribution in [0.3, 0.4) is 0 Å². The molecule has 4 heteroatoms. The first-order valence-electron chi connectivity index (χ1n) is 4.64. The van der Waals surface area contributed by atoms with E-state index in [1.807, 2.05) is 0 Å². The Morgan fingerprint density at radius 3 is 2.60 bits per heavy atom. The fraction of sp³-hybridized carbons (Fsp3) is 0.364. The van der Waals surface area contributed by atoms with Crippen LogP contribution in [0.25, 0.3) is 0 Å². The van der Waals surface area contributed by atoms with Crippen molar-refractivity contribution in [3.05, 3.63) is 34.9 Å². The van der Waals surface area contributed by atoms with Gasteiger partial charge < -0.3 is 9.84 Å². The van der Waals surface area contributed by atoms with Crippen LogP contribution in [-0.2, 0) is 15.1 Å². The lowest BCUT2D eigenvalue weighted by Crippen LogP contribution is -2.35. The molecule has 0 saturated heterocycles. The molecule has 1 rings (SSSR count). The van der Waals surface area contributed by atoms with Gasteiger partial charge in [0.15, 0.2) is 5.60 Å². The zero-order valence-electron chi connectivity index (χ0n) is 8.66. The van der Waals surface area contributed by atoms with Gasteiger partial charge in [-0.3, -0.25) is 0 Å². The summed E-state index contributed by atoms with van der Waals surface area (Å²) in [6.07, 6.45) is 0. The molecule has 82 valence electrons. The molecule has 0 radical (unpaired) electrons. The summed E-state index contributed by atoms with van der Waals surface area (Å²) in [7, 11) is 0. The van der Waals surface area contributed by atoms with Gasteiger partial charge in [-0.25, -0.2) is 4.79 Å². The van der Waals surface area contributed by atoms with Gasteiger partial charge in [-0.2, -0.15) is 0 Å². The van der Waals surface area contributed by atoms with Crippen LogP contribution in [0.5, 0.6) is 0 Å². The van der Waals surface area contributed by atoms with Gasteiger partial charge in [0, 0.05) is 17.2 Å². The summed E-state index contributed by atoms with van der Waals surface area (Å²) in [5.41, 5.74) is -0.909. The molecule has 0 amide bonds. The fourth-order valence-corrected chi connectivity index (χ4v) is 1.71. The fourth-order valence-electron chi connectivity index (χ4n) is 1.39. The summed E-state index contributed by atoms with van der Waals surface area (Å²) in [6.45, 7) is 3.56. The predicted molar refractivity (Wildman–Crippen MR) is 58.1 cm³/mol. The lowest BCUT2D eigenvalue weighted by atomic mass is 9.96. The maximum Gasteiger partial charge on any atom is 0.340 e. The summed E-state index contributed by atoms with van der Waals surface area (Å²) >= 11 is 5.95. The van der Waals surface area contributed by atoms with Gasteiger partial charge in [0.25, 0.3) is 0 Å². The van der Waals surface area contributed by atoms with Crippen molar-refractivity contribution >= 4 is 17.6 Å². The number of carboxylic acids is 1. The molecule has 0 aliphatic rings. The van der Waals surface area contributed by atoms with Crippen LogP contribution in [0.15, 0.2) is 24.3 Å². The Bertz CT molecular complexity index is 365. The molecule has 0 bridgehead atoms. The van der Waals surface area contributed by atoms with Gasteiger partial charge in [-0.1, -0.05) is 29.8 Å². The zero-order valence-corrected chi connectivity index (χ0v) is 9.41. The lowest BCUT2D eigenvalue weighted by Gasteiger charge is -2.25. The second-order valence-corrected chi connectivity index (χ2v) is 3.66. The van der Waals surface area contributed by atoms with Crippen LogP contribution in [0, 0.1) is 0 Å². The summed E-state index contributed by atoms with van der Waals surface area (Å²) < 4.78 is 5.27. The monoisotopic (exact) mass is 228 g/mol. The molecule has 3 nitrogen and oxygen atoms in total. The molecule has 1 aromatic carbocycles. The summed E-state index contributed by atoms with van der Waals surface area (Å²) in [6, 6.07) is 6.80. The van der Waals surface area contributed by atoms with Crippen molar-refractivity contribution in [3.8, 4) is 0 Å². The predicted octanol–water partition coefficient (Wildman–Crippen LogP) is 2.68.